The molecule has 4 rings (SSSR count). The lowest BCUT2D eigenvalue weighted by Gasteiger charge is -2.43. The Labute approximate surface area is 175 Å². The van der Waals surface area contributed by atoms with Gasteiger partial charge < -0.3 is 9.80 Å². The van der Waals surface area contributed by atoms with E-state index < -0.39 is 32.2 Å². The molecule has 0 saturated carbocycles. The number of nitrogens with zero attached hydrogens (tertiary/aromatic N) is 2. The predicted octanol–water partition coefficient (Wildman–Crippen LogP) is 2.52. The van der Waals surface area contributed by atoms with Gasteiger partial charge in [0.2, 0.25) is 5.91 Å². The van der Waals surface area contributed by atoms with Gasteiger partial charge in [0.1, 0.15) is 16.4 Å². The van der Waals surface area contributed by atoms with Gasteiger partial charge in [-0.2, -0.15) is 0 Å². The van der Waals surface area contributed by atoms with E-state index in [9.17, 15) is 22.4 Å². The predicted molar refractivity (Wildman–Crippen MR) is 110 cm³/mol. The summed E-state index contributed by atoms with van der Waals surface area (Å²) in [4.78, 5) is 27.1. The number of hydrogen-bond acceptors (Lipinski definition) is 4. The molecule has 0 bridgehead atoms. The lowest BCUT2D eigenvalue weighted by Crippen LogP contribution is -2.56. The topological polar surface area (TPSA) is 74.8 Å². The van der Waals surface area contributed by atoms with Crippen LogP contribution in [0.25, 0.3) is 0 Å². The third-order valence-electron chi connectivity index (χ3n) is 6.12. The standard InChI is InChI=1S/C22H23FN2O4S/c1-16-7-8-18(13-19(16)23)21(27)24-11-9-22(10-12-24)25(20(26)15-30(22,28)29)14-17-5-3-2-4-6-17/h2-8,13H,9-12,14-15H2,1H3. The minimum Gasteiger partial charge on any atom is -0.338 e. The largest absolute Gasteiger partial charge is 0.338 e. The molecule has 0 atom stereocenters. The Morgan fingerprint density at radius 1 is 1.10 bits per heavy atom. The molecule has 2 fully saturated rings. The van der Waals surface area contributed by atoms with Crippen molar-refractivity contribution in [1.29, 1.82) is 0 Å². The highest BCUT2D eigenvalue weighted by Crippen LogP contribution is 2.41. The summed E-state index contributed by atoms with van der Waals surface area (Å²) in [5.74, 6) is -1.69. The second-order valence-electron chi connectivity index (χ2n) is 7.93. The molecule has 2 aliphatic rings. The van der Waals surface area contributed by atoms with E-state index >= 15 is 0 Å². The van der Waals surface area contributed by atoms with Gasteiger partial charge in [0, 0.05) is 38.0 Å². The van der Waals surface area contributed by atoms with Gasteiger partial charge >= 0.3 is 0 Å². The number of piperidine rings is 1. The van der Waals surface area contributed by atoms with E-state index in [1.54, 1.807) is 19.1 Å². The van der Waals surface area contributed by atoms with Crippen LogP contribution >= 0.6 is 0 Å². The first kappa shape index (κ1) is 20.5. The van der Waals surface area contributed by atoms with Crippen molar-refractivity contribution in [2.24, 2.45) is 0 Å². The molecule has 2 heterocycles. The highest BCUT2D eigenvalue weighted by molar-refractivity contribution is 7.93. The third-order valence-corrected chi connectivity index (χ3v) is 8.53. The monoisotopic (exact) mass is 430 g/mol. The molecule has 2 aliphatic heterocycles. The summed E-state index contributed by atoms with van der Waals surface area (Å²) in [7, 11) is -3.68. The fourth-order valence-corrected chi connectivity index (χ4v) is 6.37. The fourth-order valence-electron chi connectivity index (χ4n) is 4.32. The highest BCUT2D eigenvalue weighted by atomic mass is 32.2. The van der Waals surface area contributed by atoms with Crippen LogP contribution < -0.4 is 0 Å². The third kappa shape index (κ3) is 3.39. The zero-order chi connectivity index (χ0) is 21.5. The van der Waals surface area contributed by atoms with Gasteiger partial charge in [-0.15, -0.1) is 0 Å². The average Bonchev–Trinajstić information content (AvgIpc) is 2.90. The Bertz CT molecular complexity index is 1090. The number of carbonyl (C=O) groups is 2. The molecular formula is C22H23FN2O4S. The van der Waals surface area contributed by atoms with Crippen LogP contribution in [0.5, 0.6) is 0 Å². The number of benzene rings is 2. The number of amides is 2. The molecule has 2 amide bonds. The van der Waals surface area contributed by atoms with Crippen LogP contribution in [0.4, 0.5) is 4.39 Å². The molecule has 0 radical (unpaired) electrons. The van der Waals surface area contributed by atoms with Crippen LogP contribution in [0.3, 0.4) is 0 Å². The van der Waals surface area contributed by atoms with Crippen molar-refractivity contribution >= 4 is 21.7 Å². The summed E-state index contributed by atoms with van der Waals surface area (Å²) in [5.41, 5.74) is 1.55. The number of hydrogen-bond donors (Lipinski definition) is 0. The first-order valence-electron chi connectivity index (χ1n) is 9.86. The van der Waals surface area contributed by atoms with E-state index in [0.29, 0.717) is 5.56 Å². The first-order valence-corrected chi connectivity index (χ1v) is 11.5. The van der Waals surface area contributed by atoms with Gasteiger partial charge in [-0.25, -0.2) is 12.8 Å². The minimum atomic E-state index is -3.68. The Balaban J connectivity index is 1.56. The number of carbonyl (C=O) groups excluding carboxylic acids is 2. The lowest BCUT2D eigenvalue weighted by atomic mass is 10.00. The molecule has 0 aromatic heterocycles. The summed E-state index contributed by atoms with van der Waals surface area (Å²) >= 11 is 0. The van der Waals surface area contributed by atoms with Crippen molar-refractivity contribution in [2.75, 3.05) is 18.8 Å². The quantitative estimate of drug-likeness (QED) is 0.750. The van der Waals surface area contributed by atoms with Crippen LogP contribution in [0.1, 0.15) is 34.3 Å². The molecule has 0 N–H and O–H groups in total. The van der Waals surface area contributed by atoms with Crippen LogP contribution in [-0.2, 0) is 21.2 Å². The zero-order valence-corrected chi connectivity index (χ0v) is 17.5. The summed E-state index contributed by atoms with van der Waals surface area (Å²) in [6, 6.07) is 13.6. The molecule has 2 aromatic carbocycles. The maximum absolute atomic E-state index is 13.9. The van der Waals surface area contributed by atoms with Crippen molar-refractivity contribution in [2.45, 2.75) is 31.2 Å². The highest BCUT2D eigenvalue weighted by Gasteiger charge is 2.58. The van der Waals surface area contributed by atoms with Gasteiger partial charge in [0.25, 0.3) is 5.91 Å². The molecule has 2 aromatic rings. The number of rotatable bonds is 3. The van der Waals surface area contributed by atoms with Crippen LogP contribution in [0.15, 0.2) is 48.5 Å². The number of likely N-dealkylation sites (tertiary alicyclic amines) is 1. The average molecular weight is 431 g/mol. The number of halogens is 1. The van der Waals surface area contributed by atoms with Crippen molar-refractivity contribution < 1.29 is 22.4 Å². The molecule has 158 valence electrons. The maximum Gasteiger partial charge on any atom is 0.253 e. The Morgan fingerprint density at radius 3 is 2.40 bits per heavy atom. The van der Waals surface area contributed by atoms with E-state index in [4.69, 9.17) is 0 Å². The summed E-state index contributed by atoms with van der Waals surface area (Å²) in [5, 5.41) is 0. The molecule has 6 nitrogen and oxygen atoms in total. The van der Waals surface area contributed by atoms with E-state index in [-0.39, 0.29) is 43.9 Å². The van der Waals surface area contributed by atoms with Crippen molar-refractivity contribution in [1.82, 2.24) is 9.80 Å². The van der Waals surface area contributed by atoms with Gasteiger partial charge in [-0.05, 0) is 30.2 Å². The van der Waals surface area contributed by atoms with Crippen molar-refractivity contribution in [3.63, 3.8) is 0 Å². The van der Waals surface area contributed by atoms with Crippen molar-refractivity contribution in [3.05, 3.63) is 71.0 Å². The maximum atomic E-state index is 13.9. The van der Waals surface area contributed by atoms with Crippen LogP contribution in [0.2, 0.25) is 0 Å². The molecule has 2 saturated heterocycles. The van der Waals surface area contributed by atoms with Crippen LogP contribution in [-0.4, -0.2) is 53.7 Å². The normalized spacial score (nSPS) is 20.0. The second kappa shape index (κ2) is 7.50. The molecule has 0 aliphatic carbocycles. The van der Waals surface area contributed by atoms with E-state index in [0.717, 1.165) is 5.56 Å². The van der Waals surface area contributed by atoms with Crippen LogP contribution in [0, 0.1) is 12.7 Å². The van der Waals surface area contributed by atoms with Gasteiger partial charge in [-0.3, -0.25) is 9.59 Å². The summed E-state index contributed by atoms with van der Waals surface area (Å²) in [6.07, 6.45) is 0.294. The molecule has 1 spiro atoms. The molecular weight excluding hydrogens is 407 g/mol. The number of sulfone groups is 1. The smallest absolute Gasteiger partial charge is 0.253 e. The van der Waals surface area contributed by atoms with E-state index in [1.807, 2.05) is 30.3 Å². The van der Waals surface area contributed by atoms with Gasteiger partial charge in [0.15, 0.2) is 9.84 Å². The Hall–Kier alpha value is -2.74. The summed E-state index contributed by atoms with van der Waals surface area (Å²) < 4.78 is 39.8. The van der Waals surface area contributed by atoms with Gasteiger partial charge in [-0.1, -0.05) is 36.4 Å². The Morgan fingerprint density at radius 2 is 1.77 bits per heavy atom. The first-order chi connectivity index (χ1) is 14.2. The molecule has 8 heteroatoms. The van der Waals surface area contributed by atoms with E-state index in [2.05, 4.69) is 0 Å². The molecule has 30 heavy (non-hydrogen) atoms. The zero-order valence-electron chi connectivity index (χ0n) is 16.7. The fraction of sp³-hybridized carbons (Fsp3) is 0.364. The minimum absolute atomic E-state index is 0.147. The Kier molecular flexibility index (Phi) is 5.13. The van der Waals surface area contributed by atoms with E-state index in [1.165, 1.54) is 15.9 Å². The lowest BCUT2D eigenvalue weighted by molar-refractivity contribution is -0.131. The number of aryl methyl sites for hydroxylation is 1. The molecule has 0 unspecified atom stereocenters. The second-order valence-corrected chi connectivity index (χ2v) is 10.2. The van der Waals surface area contributed by atoms with Gasteiger partial charge in [0.05, 0.1) is 0 Å². The SMILES string of the molecule is Cc1ccc(C(=O)N2CCC3(CC2)N(Cc2ccccc2)C(=O)CS3(=O)=O)cc1F. The van der Waals surface area contributed by atoms with Crippen molar-refractivity contribution in [3.8, 4) is 0 Å². The summed E-state index contributed by atoms with van der Waals surface area (Å²) in [6.45, 7) is 2.21.